The van der Waals surface area contributed by atoms with Crippen molar-refractivity contribution in [3.05, 3.63) is 58.0 Å². The number of anilines is 1. The Labute approximate surface area is 194 Å². The van der Waals surface area contributed by atoms with Crippen LogP contribution in [0.2, 0.25) is 5.02 Å². The number of imide groups is 1. The van der Waals surface area contributed by atoms with Crippen molar-refractivity contribution >= 4 is 52.2 Å². The van der Waals surface area contributed by atoms with Gasteiger partial charge in [-0.15, -0.1) is 6.42 Å². The molecular weight excluding hydrogens is 452 g/mol. The van der Waals surface area contributed by atoms with Gasteiger partial charge in [-0.2, -0.15) is 0 Å². The third-order valence-electron chi connectivity index (χ3n) is 4.16. The van der Waals surface area contributed by atoms with Crippen molar-refractivity contribution in [2.45, 2.75) is 6.92 Å². The molecule has 1 fully saturated rings. The van der Waals surface area contributed by atoms with Gasteiger partial charge in [0.1, 0.15) is 0 Å². The lowest BCUT2D eigenvalue weighted by Gasteiger charge is -2.14. The summed E-state index contributed by atoms with van der Waals surface area (Å²) < 4.78 is 11.2. The zero-order valence-electron chi connectivity index (χ0n) is 17.1. The highest BCUT2D eigenvalue weighted by Crippen LogP contribution is 2.39. The van der Waals surface area contributed by atoms with Gasteiger partial charge in [-0.25, -0.2) is 0 Å². The molecule has 164 valence electrons. The van der Waals surface area contributed by atoms with E-state index in [9.17, 15) is 14.4 Å². The molecule has 32 heavy (non-hydrogen) atoms. The molecule has 9 heteroatoms. The number of terminal acetylenes is 1. The molecule has 0 aliphatic carbocycles. The first kappa shape index (κ1) is 23.3. The van der Waals surface area contributed by atoms with E-state index in [1.165, 1.54) is 6.08 Å². The second-order valence-electron chi connectivity index (χ2n) is 6.44. The SMILES string of the molecule is C#CCN1C(=O)S/C(=C/c2cc(Cl)c(OCC(=O)Nc3ccccc3)c(OCC)c2)C1=O. The molecule has 0 saturated carbocycles. The van der Waals surface area contributed by atoms with Crippen molar-refractivity contribution in [2.75, 3.05) is 25.1 Å². The smallest absolute Gasteiger partial charge is 0.294 e. The van der Waals surface area contributed by atoms with Crippen molar-refractivity contribution in [1.82, 2.24) is 4.90 Å². The summed E-state index contributed by atoms with van der Waals surface area (Å²) in [7, 11) is 0. The molecule has 1 N–H and O–H groups in total. The number of amides is 3. The first-order valence-electron chi connectivity index (χ1n) is 9.55. The molecule has 1 aliphatic rings. The average Bonchev–Trinajstić information content (AvgIpc) is 3.02. The number of thioether (sulfide) groups is 1. The third-order valence-corrected chi connectivity index (χ3v) is 5.35. The van der Waals surface area contributed by atoms with Gasteiger partial charge in [0, 0.05) is 5.69 Å². The van der Waals surface area contributed by atoms with Crippen LogP contribution < -0.4 is 14.8 Å². The molecular formula is C23H19ClN2O5S. The first-order valence-corrected chi connectivity index (χ1v) is 10.7. The van der Waals surface area contributed by atoms with Gasteiger partial charge < -0.3 is 14.8 Å². The summed E-state index contributed by atoms with van der Waals surface area (Å²) in [6, 6.07) is 12.2. The molecule has 3 amide bonds. The molecule has 0 atom stereocenters. The lowest BCUT2D eigenvalue weighted by atomic mass is 10.1. The van der Waals surface area contributed by atoms with Crippen LogP contribution in [0.25, 0.3) is 6.08 Å². The summed E-state index contributed by atoms with van der Waals surface area (Å²) in [5.41, 5.74) is 1.18. The van der Waals surface area contributed by atoms with Crippen molar-refractivity contribution in [3.8, 4) is 23.8 Å². The standard InChI is InChI=1S/C23H19ClN2O5S/c1-3-10-26-22(28)19(32-23(26)29)13-15-11-17(24)21(18(12-15)30-4-2)31-14-20(27)25-16-8-6-5-7-9-16/h1,5-9,11-13H,4,10,14H2,2H3,(H,25,27)/b19-13+. The van der Waals surface area contributed by atoms with Crippen LogP contribution in [0, 0.1) is 12.3 Å². The van der Waals surface area contributed by atoms with Crippen molar-refractivity contribution in [2.24, 2.45) is 0 Å². The van der Waals surface area contributed by atoms with E-state index in [1.807, 2.05) is 6.07 Å². The third kappa shape index (κ3) is 5.63. The zero-order valence-corrected chi connectivity index (χ0v) is 18.7. The fraction of sp³-hybridized carbons (Fsp3) is 0.174. The van der Waals surface area contributed by atoms with Crippen LogP contribution in [-0.4, -0.2) is 41.7 Å². The molecule has 7 nitrogen and oxygen atoms in total. The van der Waals surface area contributed by atoms with Crippen LogP contribution in [0.15, 0.2) is 47.4 Å². The Hall–Kier alpha value is -3.41. The van der Waals surface area contributed by atoms with Gasteiger partial charge in [-0.3, -0.25) is 19.3 Å². The number of halogens is 1. The van der Waals surface area contributed by atoms with Crippen LogP contribution in [-0.2, 0) is 9.59 Å². The Kier molecular flexibility index (Phi) is 7.82. The topological polar surface area (TPSA) is 84.9 Å². The number of nitrogens with one attached hydrogen (secondary N) is 1. The van der Waals surface area contributed by atoms with Crippen molar-refractivity contribution in [3.63, 3.8) is 0 Å². The number of ether oxygens (including phenoxy) is 2. The van der Waals surface area contributed by atoms with E-state index in [2.05, 4.69) is 11.2 Å². The van der Waals surface area contributed by atoms with Gasteiger partial charge >= 0.3 is 0 Å². The molecule has 0 unspecified atom stereocenters. The molecule has 0 bridgehead atoms. The van der Waals surface area contributed by atoms with Crippen LogP contribution in [0.5, 0.6) is 11.5 Å². The maximum atomic E-state index is 12.4. The minimum atomic E-state index is -0.468. The lowest BCUT2D eigenvalue weighted by molar-refractivity contribution is -0.122. The van der Waals surface area contributed by atoms with Gasteiger partial charge in [0.05, 0.1) is 23.1 Å². The molecule has 0 spiro atoms. The largest absolute Gasteiger partial charge is 0.490 e. The van der Waals surface area contributed by atoms with Gasteiger partial charge in [0.15, 0.2) is 18.1 Å². The Morgan fingerprint density at radius 1 is 1.25 bits per heavy atom. The monoisotopic (exact) mass is 470 g/mol. The minimum absolute atomic E-state index is 0.0925. The average molecular weight is 471 g/mol. The Bertz CT molecular complexity index is 1110. The maximum absolute atomic E-state index is 12.4. The molecule has 0 radical (unpaired) electrons. The van der Waals surface area contributed by atoms with E-state index in [0.717, 1.165) is 16.7 Å². The predicted octanol–water partition coefficient (Wildman–Crippen LogP) is 4.43. The number of rotatable bonds is 8. The summed E-state index contributed by atoms with van der Waals surface area (Å²) >= 11 is 7.18. The van der Waals surface area contributed by atoms with Crippen LogP contribution in [0.1, 0.15) is 12.5 Å². The number of hydrogen-bond donors (Lipinski definition) is 1. The van der Waals surface area contributed by atoms with E-state index in [1.54, 1.807) is 43.3 Å². The number of nitrogens with zero attached hydrogens (tertiary/aromatic N) is 1. The number of carbonyl (C=O) groups excluding carboxylic acids is 3. The minimum Gasteiger partial charge on any atom is -0.490 e. The second-order valence-corrected chi connectivity index (χ2v) is 7.84. The predicted molar refractivity (Wildman–Crippen MR) is 125 cm³/mol. The second kappa shape index (κ2) is 10.8. The molecule has 1 heterocycles. The zero-order chi connectivity index (χ0) is 23.1. The summed E-state index contributed by atoms with van der Waals surface area (Å²) in [6.45, 7) is 1.74. The summed E-state index contributed by atoms with van der Waals surface area (Å²) in [6.07, 6.45) is 6.74. The fourth-order valence-electron chi connectivity index (χ4n) is 2.81. The molecule has 0 aromatic heterocycles. The van der Waals surface area contributed by atoms with Gasteiger partial charge in [0.25, 0.3) is 17.1 Å². The van der Waals surface area contributed by atoms with Crippen LogP contribution in [0.4, 0.5) is 10.5 Å². The molecule has 3 rings (SSSR count). The maximum Gasteiger partial charge on any atom is 0.294 e. The first-order chi connectivity index (χ1) is 15.4. The summed E-state index contributed by atoms with van der Waals surface area (Å²) in [5.74, 6) is 1.97. The number of carbonyl (C=O) groups is 3. The quantitative estimate of drug-likeness (QED) is 0.454. The summed E-state index contributed by atoms with van der Waals surface area (Å²) in [5, 5.41) is 2.48. The van der Waals surface area contributed by atoms with E-state index < -0.39 is 11.1 Å². The summed E-state index contributed by atoms with van der Waals surface area (Å²) in [4.78, 5) is 37.8. The highest BCUT2D eigenvalue weighted by atomic mass is 35.5. The van der Waals surface area contributed by atoms with Gasteiger partial charge in [0.2, 0.25) is 0 Å². The van der Waals surface area contributed by atoms with E-state index in [0.29, 0.717) is 23.6 Å². The van der Waals surface area contributed by atoms with Gasteiger partial charge in [-0.05, 0) is 54.6 Å². The number of para-hydroxylation sites is 1. The van der Waals surface area contributed by atoms with Gasteiger partial charge in [-0.1, -0.05) is 35.7 Å². The Balaban J connectivity index is 1.78. The Morgan fingerprint density at radius 2 is 2.00 bits per heavy atom. The van der Waals surface area contributed by atoms with E-state index in [4.69, 9.17) is 27.5 Å². The van der Waals surface area contributed by atoms with Crippen LogP contribution in [0.3, 0.4) is 0 Å². The van der Waals surface area contributed by atoms with Crippen molar-refractivity contribution < 1.29 is 23.9 Å². The number of hydrogen-bond acceptors (Lipinski definition) is 6. The van der Waals surface area contributed by atoms with Crippen molar-refractivity contribution in [1.29, 1.82) is 0 Å². The molecule has 2 aromatic carbocycles. The molecule has 2 aromatic rings. The lowest BCUT2D eigenvalue weighted by Crippen LogP contribution is -2.28. The Morgan fingerprint density at radius 3 is 2.69 bits per heavy atom. The molecule has 1 aliphatic heterocycles. The fourth-order valence-corrected chi connectivity index (χ4v) is 3.92. The molecule has 1 saturated heterocycles. The number of benzene rings is 2. The van der Waals surface area contributed by atoms with E-state index >= 15 is 0 Å². The van der Waals surface area contributed by atoms with E-state index in [-0.39, 0.29) is 34.7 Å². The van der Waals surface area contributed by atoms with Crippen LogP contribution >= 0.6 is 23.4 Å². The highest BCUT2D eigenvalue weighted by Gasteiger charge is 2.34. The highest BCUT2D eigenvalue weighted by molar-refractivity contribution is 8.18. The normalized spacial score (nSPS) is 14.4.